The smallest absolute Gasteiger partial charge is 0.420 e. The van der Waals surface area contributed by atoms with Crippen molar-refractivity contribution in [3.8, 4) is 0 Å². The molecule has 2 heterocycles. The molecule has 0 spiro atoms. The number of aromatic nitrogens is 1. The minimum atomic E-state index is -4.94. The highest BCUT2D eigenvalue weighted by molar-refractivity contribution is 7.11. The summed E-state index contributed by atoms with van der Waals surface area (Å²) in [5.74, 6) is -2.76. The van der Waals surface area contributed by atoms with E-state index < -0.39 is 36.2 Å². The minimum absolute atomic E-state index is 0.0207. The summed E-state index contributed by atoms with van der Waals surface area (Å²) in [6, 6.07) is -1.20. The van der Waals surface area contributed by atoms with Crippen molar-refractivity contribution < 1.29 is 32.7 Å². The van der Waals surface area contributed by atoms with Gasteiger partial charge >= 0.3 is 18.2 Å². The molecule has 1 unspecified atom stereocenters. The standard InChI is InChI=1S/C10H8F3N3O4S/c1-9(10(11,12)13)7(19)16(8(20)15-9)2-4-3-21-5(14-4)6(17)18/h3H,2H2,1H3,(H,15,20)(H,17,18). The number of carboxylic acids is 1. The first-order chi connectivity index (χ1) is 9.56. The van der Waals surface area contributed by atoms with Gasteiger partial charge in [0.05, 0.1) is 12.2 Å². The molecule has 2 N–H and O–H groups in total. The number of imide groups is 1. The summed E-state index contributed by atoms with van der Waals surface area (Å²) in [7, 11) is 0. The van der Waals surface area contributed by atoms with Gasteiger partial charge in [0.15, 0.2) is 0 Å². The fourth-order valence-electron chi connectivity index (χ4n) is 1.67. The molecule has 1 atom stereocenters. The minimum Gasteiger partial charge on any atom is -0.476 e. The Balaban J connectivity index is 2.23. The third-order valence-electron chi connectivity index (χ3n) is 2.90. The van der Waals surface area contributed by atoms with Crippen molar-refractivity contribution in [2.45, 2.75) is 25.2 Å². The third kappa shape index (κ3) is 2.44. The Labute approximate surface area is 119 Å². The second-order valence-corrected chi connectivity index (χ2v) is 5.25. The van der Waals surface area contributed by atoms with Crippen molar-refractivity contribution >= 4 is 29.2 Å². The zero-order chi connectivity index (χ0) is 16.0. The van der Waals surface area contributed by atoms with E-state index in [1.807, 2.05) is 0 Å². The van der Waals surface area contributed by atoms with E-state index in [1.165, 1.54) is 5.38 Å². The number of carboxylic acid groups (broad SMARTS) is 1. The normalized spacial score (nSPS) is 22.6. The second kappa shape index (κ2) is 4.69. The summed E-state index contributed by atoms with van der Waals surface area (Å²) < 4.78 is 38.5. The predicted molar refractivity (Wildman–Crippen MR) is 62.6 cm³/mol. The Kier molecular flexibility index (Phi) is 3.40. The number of amides is 3. The lowest BCUT2D eigenvalue weighted by atomic mass is 10.0. The van der Waals surface area contributed by atoms with Crippen LogP contribution in [0.25, 0.3) is 0 Å². The summed E-state index contributed by atoms with van der Waals surface area (Å²) in [5, 5.41) is 11.3. The molecule has 1 fully saturated rings. The van der Waals surface area contributed by atoms with Gasteiger partial charge in [0.25, 0.3) is 5.91 Å². The van der Waals surface area contributed by atoms with Crippen molar-refractivity contribution in [3.05, 3.63) is 16.1 Å². The summed E-state index contributed by atoms with van der Waals surface area (Å²) >= 11 is 0.746. The van der Waals surface area contributed by atoms with Gasteiger partial charge < -0.3 is 10.4 Å². The number of halogens is 3. The number of alkyl halides is 3. The van der Waals surface area contributed by atoms with Crippen LogP contribution in [0.2, 0.25) is 0 Å². The first-order valence-electron chi connectivity index (χ1n) is 5.45. The number of nitrogens with zero attached hydrogens (tertiary/aromatic N) is 2. The average molecular weight is 323 g/mol. The largest absolute Gasteiger partial charge is 0.476 e. The molecule has 7 nitrogen and oxygen atoms in total. The fraction of sp³-hybridized carbons (Fsp3) is 0.400. The lowest BCUT2D eigenvalue weighted by molar-refractivity contribution is -0.191. The summed E-state index contributed by atoms with van der Waals surface area (Å²) in [5.41, 5.74) is -2.97. The maximum Gasteiger partial charge on any atom is 0.420 e. The van der Waals surface area contributed by atoms with Crippen LogP contribution in [0.4, 0.5) is 18.0 Å². The van der Waals surface area contributed by atoms with E-state index in [0.717, 1.165) is 11.3 Å². The molecule has 0 saturated carbocycles. The van der Waals surface area contributed by atoms with Gasteiger partial charge in [-0.25, -0.2) is 14.6 Å². The molecular formula is C10H8F3N3O4S. The van der Waals surface area contributed by atoms with Crippen LogP contribution >= 0.6 is 11.3 Å². The lowest BCUT2D eigenvalue weighted by Gasteiger charge is -2.24. The highest BCUT2D eigenvalue weighted by atomic mass is 32.1. The molecule has 2 rings (SSSR count). The number of carbonyl (C=O) groups excluding carboxylic acids is 2. The Morgan fingerprint density at radius 2 is 2.14 bits per heavy atom. The summed E-state index contributed by atoms with van der Waals surface area (Å²) in [6.07, 6.45) is -4.94. The highest BCUT2D eigenvalue weighted by Gasteiger charge is 2.64. The molecule has 1 aromatic rings. The molecule has 0 aliphatic carbocycles. The molecule has 0 bridgehead atoms. The monoisotopic (exact) mass is 323 g/mol. The van der Waals surface area contributed by atoms with Crippen LogP contribution in [-0.4, -0.2) is 44.6 Å². The van der Waals surface area contributed by atoms with Crippen molar-refractivity contribution in [1.29, 1.82) is 0 Å². The number of urea groups is 1. The molecule has 1 saturated heterocycles. The van der Waals surface area contributed by atoms with Gasteiger partial charge in [-0.15, -0.1) is 11.3 Å². The van der Waals surface area contributed by atoms with E-state index in [0.29, 0.717) is 11.8 Å². The summed E-state index contributed by atoms with van der Waals surface area (Å²) in [4.78, 5) is 38.0. The molecule has 11 heteroatoms. The molecule has 1 aliphatic rings. The Morgan fingerprint density at radius 3 is 2.57 bits per heavy atom. The third-order valence-corrected chi connectivity index (χ3v) is 3.78. The zero-order valence-corrected chi connectivity index (χ0v) is 11.2. The van der Waals surface area contributed by atoms with Crippen molar-refractivity contribution in [3.63, 3.8) is 0 Å². The van der Waals surface area contributed by atoms with E-state index in [1.54, 1.807) is 5.32 Å². The Morgan fingerprint density at radius 1 is 1.52 bits per heavy atom. The number of aromatic carboxylic acids is 1. The predicted octanol–water partition coefficient (Wildman–Crippen LogP) is 1.21. The van der Waals surface area contributed by atoms with Crippen LogP contribution in [0.1, 0.15) is 22.4 Å². The van der Waals surface area contributed by atoms with Crippen LogP contribution in [-0.2, 0) is 11.3 Å². The van der Waals surface area contributed by atoms with Crippen LogP contribution in [0.15, 0.2) is 5.38 Å². The first-order valence-corrected chi connectivity index (χ1v) is 6.33. The van der Waals surface area contributed by atoms with Gasteiger partial charge in [-0.1, -0.05) is 0 Å². The van der Waals surface area contributed by atoms with E-state index in [9.17, 15) is 27.6 Å². The first kappa shape index (κ1) is 15.2. The van der Waals surface area contributed by atoms with Crippen molar-refractivity contribution in [2.75, 3.05) is 0 Å². The maximum absolute atomic E-state index is 12.8. The van der Waals surface area contributed by atoms with Gasteiger partial charge in [-0.3, -0.25) is 9.69 Å². The van der Waals surface area contributed by atoms with Crippen molar-refractivity contribution in [1.82, 2.24) is 15.2 Å². The molecule has 3 amide bonds. The van der Waals surface area contributed by atoms with Gasteiger partial charge in [0.1, 0.15) is 0 Å². The van der Waals surface area contributed by atoms with Crippen LogP contribution < -0.4 is 5.32 Å². The molecule has 1 aromatic heterocycles. The lowest BCUT2D eigenvalue weighted by Crippen LogP contribution is -2.56. The second-order valence-electron chi connectivity index (χ2n) is 4.39. The van der Waals surface area contributed by atoms with Gasteiger partial charge in [0, 0.05) is 5.38 Å². The van der Waals surface area contributed by atoms with E-state index in [2.05, 4.69) is 4.98 Å². The molecular weight excluding hydrogens is 315 g/mol. The van der Waals surface area contributed by atoms with E-state index in [4.69, 9.17) is 5.11 Å². The van der Waals surface area contributed by atoms with E-state index in [-0.39, 0.29) is 10.7 Å². The van der Waals surface area contributed by atoms with Crippen LogP contribution in [0, 0.1) is 0 Å². The maximum atomic E-state index is 12.8. The number of rotatable bonds is 3. The Hall–Kier alpha value is -2.17. The molecule has 114 valence electrons. The topological polar surface area (TPSA) is 99.6 Å². The van der Waals surface area contributed by atoms with Crippen LogP contribution in [0.3, 0.4) is 0 Å². The summed E-state index contributed by atoms with van der Waals surface area (Å²) in [6.45, 7) is 0.0388. The molecule has 21 heavy (non-hydrogen) atoms. The SMILES string of the molecule is CC1(C(F)(F)F)NC(=O)N(Cc2csc(C(=O)O)n2)C1=O. The number of hydrogen-bond donors (Lipinski definition) is 2. The number of carbonyl (C=O) groups is 3. The van der Waals surface area contributed by atoms with Gasteiger partial charge in [-0.2, -0.15) is 13.2 Å². The Bertz CT molecular complexity index is 629. The van der Waals surface area contributed by atoms with Gasteiger partial charge in [-0.05, 0) is 6.92 Å². The molecule has 1 aliphatic heterocycles. The fourth-order valence-corrected chi connectivity index (χ4v) is 2.32. The number of hydrogen-bond acceptors (Lipinski definition) is 5. The van der Waals surface area contributed by atoms with E-state index >= 15 is 0 Å². The van der Waals surface area contributed by atoms with Gasteiger partial charge in [0.2, 0.25) is 10.5 Å². The highest BCUT2D eigenvalue weighted by Crippen LogP contribution is 2.35. The number of thiazole rings is 1. The van der Waals surface area contributed by atoms with Crippen molar-refractivity contribution in [2.24, 2.45) is 0 Å². The average Bonchev–Trinajstić information content (AvgIpc) is 2.89. The molecule has 0 aromatic carbocycles. The van der Waals surface area contributed by atoms with Crippen LogP contribution in [0.5, 0.6) is 0 Å². The quantitative estimate of drug-likeness (QED) is 0.815. The zero-order valence-electron chi connectivity index (χ0n) is 10.4. The molecule has 0 radical (unpaired) electrons. The number of nitrogens with one attached hydrogen (secondary N) is 1.